The Hall–Kier alpha value is -4.34. The van der Waals surface area contributed by atoms with Crippen molar-refractivity contribution in [1.82, 2.24) is 14.8 Å². The van der Waals surface area contributed by atoms with Crippen LogP contribution >= 0.6 is 15.9 Å². The van der Waals surface area contributed by atoms with E-state index in [1.165, 1.54) is 52.4 Å². The lowest BCUT2D eigenvalue weighted by atomic mass is 9.88. The van der Waals surface area contributed by atoms with Gasteiger partial charge in [-0.2, -0.15) is 0 Å². The summed E-state index contributed by atoms with van der Waals surface area (Å²) in [4.78, 5) is 64.1. The Morgan fingerprint density at radius 1 is 1.00 bits per heavy atom. The fraction of sp³-hybridized carbons (Fsp3) is 0.514. The summed E-state index contributed by atoms with van der Waals surface area (Å²) in [5.74, 6) is -1.02. The van der Waals surface area contributed by atoms with Crippen LogP contribution < -0.4 is 24.4 Å². The van der Waals surface area contributed by atoms with Crippen molar-refractivity contribution in [3.05, 3.63) is 40.6 Å². The molecule has 2 aromatic carbocycles. The summed E-state index contributed by atoms with van der Waals surface area (Å²) >= 11 is 3.69. The first-order valence-electron chi connectivity index (χ1n) is 17.7. The third-order valence-corrected chi connectivity index (χ3v) is 11.5. The highest BCUT2D eigenvalue weighted by molar-refractivity contribution is 9.09. The van der Waals surface area contributed by atoms with Gasteiger partial charge in [0.05, 0.1) is 50.4 Å². The zero-order valence-electron chi connectivity index (χ0n) is 29.8. The summed E-state index contributed by atoms with van der Waals surface area (Å²) in [6.45, 7) is 4.60. The van der Waals surface area contributed by atoms with Crippen LogP contribution in [0.1, 0.15) is 71.0 Å². The number of likely N-dealkylation sites (tertiary alicyclic amines) is 2. The Kier molecular flexibility index (Phi) is 9.87. The highest BCUT2D eigenvalue weighted by Gasteiger charge is 2.52. The van der Waals surface area contributed by atoms with Gasteiger partial charge in [0.1, 0.15) is 5.69 Å². The third kappa shape index (κ3) is 6.05. The number of halogens is 1. The highest BCUT2D eigenvalue weighted by Crippen LogP contribution is 2.49. The number of ether oxygens (including phenoxy) is 4. The maximum Gasteiger partial charge on any atom is 0.415 e. The molecule has 52 heavy (non-hydrogen) atoms. The van der Waals surface area contributed by atoms with Gasteiger partial charge < -0.3 is 49.1 Å². The molecular formula is C37H44BrN5O9. The topological polar surface area (TPSA) is 163 Å². The molecule has 4 aliphatic rings. The summed E-state index contributed by atoms with van der Waals surface area (Å²) in [5.41, 5.74) is 0.745. The van der Waals surface area contributed by atoms with E-state index in [0.717, 1.165) is 25.9 Å². The van der Waals surface area contributed by atoms with Gasteiger partial charge in [0.25, 0.3) is 5.91 Å². The number of fused-ring (bicyclic) bond motifs is 4. The number of hydrogen-bond acceptors (Lipinski definition) is 11. The predicted molar refractivity (Wildman–Crippen MR) is 196 cm³/mol. The van der Waals surface area contributed by atoms with E-state index in [1.807, 2.05) is 0 Å². The number of methoxy groups -OCH3 is 3. The minimum atomic E-state index is -1.77. The number of ketones is 1. The van der Waals surface area contributed by atoms with Crippen LogP contribution in [0.5, 0.6) is 17.2 Å². The van der Waals surface area contributed by atoms with E-state index < -0.39 is 29.3 Å². The van der Waals surface area contributed by atoms with Crippen molar-refractivity contribution in [2.24, 2.45) is 0 Å². The molecule has 0 radical (unpaired) electrons. The fourth-order valence-electron chi connectivity index (χ4n) is 8.20. The molecule has 2 fully saturated rings. The monoisotopic (exact) mass is 781 g/mol. The smallest absolute Gasteiger partial charge is 0.415 e. The van der Waals surface area contributed by atoms with Gasteiger partial charge in [-0.1, -0.05) is 22.4 Å². The van der Waals surface area contributed by atoms with Crippen LogP contribution in [0.4, 0.5) is 16.2 Å². The molecule has 3 aromatic rings. The van der Waals surface area contributed by atoms with Gasteiger partial charge in [-0.05, 0) is 69.8 Å². The first-order chi connectivity index (χ1) is 25.0. The van der Waals surface area contributed by atoms with Crippen molar-refractivity contribution in [2.75, 3.05) is 64.3 Å². The number of amides is 2. The average molecular weight is 783 g/mol. The normalized spacial score (nSPS) is 22.1. The lowest BCUT2D eigenvalue weighted by Crippen LogP contribution is -2.48. The lowest BCUT2D eigenvalue weighted by molar-refractivity contribution is -0.143. The molecule has 0 spiro atoms. The maximum absolute atomic E-state index is 14.4. The van der Waals surface area contributed by atoms with E-state index in [2.05, 4.69) is 31.1 Å². The Morgan fingerprint density at radius 2 is 1.71 bits per heavy atom. The molecule has 3 N–H and O–H groups in total. The molecule has 15 heteroatoms. The third-order valence-electron chi connectivity index (χ3n) is 10.9. The van der Waals surface area contributed by atoms with Crippen LogP contribution in [0.15, 0.2) is 18.2 Å². The number of alkyl halides is 1. The van der Waals surface area contributed by atoms with E-state index in [0.29, 0.717) is 64.8 Å². The number of rotatable bonds is 7. The van der Waals surface area contributed by atoms with E-state index in [4.69, 9.17) is 18.9 Å². The van der Waals surface area contributed by atoms with Gasteiger partial charge in [0, 0.05) is 47.5 Å². The van der Waals surface area contributed by atoms with E-state index in [9.17, 15) is 24.3 Å². The number of benzene rings is 2. The summed E-state index contributed by atoms with van der Waals surface area (Å²) in [6, 6.07) is 5.41. The number of anilines is 2. The fourth-order valence-corrected chi connectivity index (χ4v) is 8.82. The molecule has 0 bridgehead atoms. The zero-order chi connectivity index (χ0) is 36.9. The van der Waals surface area contributed by atoms with Crippen molar-refractivity contribution >= 4 is 62.0 Å². The minimum absolute atomic E-state index is 0.0411. The number of aliphatic hydroxyl groups excluding tert-OH is 1. The highest BCUT2D eigenvalue weighted by atomic mass is 79.9. The van der Waals surface area contributed by atoms with Gasteiger partial charge in [0.15, 0.2) is 22.8 Å². The molecule has 2 amide bonds. The number of nitrogens with zero attached hydrogens (tertiary/aromatic N) is 3. The molecular weight excluding hydrogens is 738 g/mol. The first-order valence-corrected chi connectivity index (χ1v) is 18.6. The quantitative estimate of drug-likeness (QED) is 0.174. The van der Waals surface area contributed by atoms with Crippen LogP contribution in [-0.4, -0.2) is 114 Å². The number of H-pyrrole nitrogens is 1. The van der Waals surface area contributed by atoms with Crippen LogP contribution in [0, 0.1) is 0 Å². The molecule has 14 nitrogen and oxygen atoms in total. The number of esters is 1. The van der Waals surface area contributed by atoms with Crippen LogP contribution in [0.2, 0.25) is 0 Å². The first kappa shape index (κ1) is 36.0. The molecule has 0 saturated carbocycles. The number of aromatic nitrogens is 1. The van der Waals surface area contributed by atoms with Crippen LogP contribution in [0.3, 0.4) is 0 Å². The number of hydrogen-bond donors (Lipinski definition) is 3. The Balaban J connectivity index is 1.26. The number of carbonyl (C=O) groups excluding carboxylic acids is 4. The predicted octanol–water partition coefficient (Wildman–Crippen LogP) is 4.63. The lowest BCUT2D eigenvalue weighted by Gasteiger charge is -2.39. The molecule has 4 aliphatic heterocycles. The molecule has 2 saturated heterocycles. The summed E-state index contributed by atoms with van der Waals surface area (Å²) in [7, 11) is 4.16. The number of nitrogens with one attached hydrogen (secondary N) is 2. The molecule has 5 heterocycles. The molecule has 0 aliphatic carbocycles. The van der Waals surface area contributed by atoms with E-state index in [1.54, 1.807) is 23.1 Å². The maximum atomic E-state index is 14.4. The molecule has 1 aromatic heterocycles. The summed E-state index contributed by atoms with van der Waals surface area (Å²) < 4.78 is 22.2. The van der Waals surface area contributed by atoms with Crippen molar-refractivity contribution in [2.45, 2.75) is 68.5 Å². The second-order valence-corrected chi connectivity index (χ2v) is 15.3. The number of piperidine rings is 2. The van der Waals surface area contributed by atoms with Crippen LogP contribution in [0.25, 0.3) is 10.9 Å². The SMILES string of the molecule is COC(=O)C1(C)Nc2c(OC(=O)N3CCC(N4CCCCC4)CC3)cc3c(c2C1=O)CC(Br)CN3C(=O)c1cc2cc(CO)c(OC)c(OC)c2[nH]1. The van der Waals surface area contributed by atoms with Crippen molar-refractivity contribution in [3.8, 4) is 17.2 Å². The number of carbonyl (C=O) groups is 4. The van der Waals surface area contributed by atoms with Crippen molar-refractivity contribution < 1.29 is 43.2 Å². The Morgan fingerprint density at radius 3 is 2.37 bits per heavy atom. The number of aromatic amines is 1. The Labute approximate surface area is 309 Å². The zero-order valence-corrected chi connectivity index (χ0v) is 31.4. The van der Waals surface area contributed by atoms with Crippen molar-refractivity contribution in [1.29, 1.82) is 0 Å². The Bertz CT molecular complexity index is 1930. The minimum Gasteiger partial charge on any atom is -0.492 e. The number of Topliss-reactive ketones (excluding diaryl/α,β-unsaturated/α-hetero) is 1. The summed E-state index contributed by atoms with van der Waals surface area (Å²) in [5, 5.41) is 13.6. The molecule has 7 rings (SSSR count). The standard InChI is InChI=1S/C37H44BrN5O9/c1-37(35(47)51-4)33(45)28-24-16-22(38)18-43(34(46)25-15-20-14-21(19-44)31(49-2)32(50-3)29(20)39-25)26(24)17-27(30(28)40-37)52-36(48)42-12-8-23(9-13-42)41-10-6-5-7-11-41/h14-15,17,22-23,39-40,44H,5-13,16,18-19H2,1-4H3. The van der Waals surface area contributed by atoms with Gasteiger partial charge in [-0.15, -0.1) is 0 Å². The largest absolute Gasteiger partial charge is 0.492 e. The van der Waals surface area contributed by atoms with Gasteiger partial charge in [0.2, 0.25) is 5.78 Å². The second-order valence-electron chi connectivity index (χ2n) is 14.0. The van der Waals surface area contributed by atoms with Crippen molar-refractivity contribution in [3.63, 3.8) is 0 Å². The average Bonchev–Trinajstić information content (AvgIpc) is 3.72. The molecule has 278 valence electrons. The van der Waals surface area contributed by atoms with E-state index in [-0.39, 0.29) is 40.7 Å². The van der Waals surface area contributed by atoms with E-state index >= 15 is 0 Å². The summed E-state index contributed by atoms with van der Waals surface area (Å²) in [6.07, 6.45) is 5.13. The van der Waals surface area contributed by atoms with Gasteiger partial charge in [-0.3, -0.25) is 9.59 Å². The molecule has 2 unspecified atom stereocenters. The second kappa shape index (κ2) is 14.2. The molecule has 2 atom stereocenters. The van der Waals surface area contributed by atoms with Gasteiger partial charge >= 0.3 is 12.1 Å². The van der Waals surface area contributed by atoms with Crippen LogP contribution in [-0.2, 0) is 22.6 Å². The number of aliphatic hydroxyl groups is 1. The van der Waals surface area contributed by atoms with Gasteiger partial charge in [-0.25, -0.2) is 9.59 Å².